The Morgan fingerprint density at radius 1 is 0.919 bits per heavy atom. The fraction of sp³-hybridized carbons (Fsp3) is 0.241. The smallest absolute Gasteiger partial charge is 0.329 e. The van der Waals surface area contributed by atoms with Crippen LogP contribution in [0.5, 0.6) is 5.75 Å². The van der Waals surface area contributed by atoms with E-state index in [1.165, 1.54) is 11.8 Å². The van der Waals surface area contributed by atoms with Crippen LogP contribution < -0.4 is 20.8 Å². The van der Waals surface area contributed by atoms with Gasteiger partial charge in [0, 0.05) is 12.2 Å². The molecule has 3 amide bonds. The van der Waals surface area contributed by atoms with Crippen molar-refractivity contribution in [2.45, 2.75) is 40.2 Å². The Kier molecular flexibility index (Phi) is 9.55. The highest BCUT2D eigenvalue weighted by atomic mass is 16.5. The minimum Gasteiger partial charge on any atom is -0.484 e. The minimum atomic E-state index is -0.857. The molecule has 0 atom stereocenters. The number of nitrogens with zero attached hydrogens (tertiary/aromatic N) is 1. The highest BCUT2D eigenvalue weighted by Crippen LogP contribution is 2.18. The molecule has 0 heterocycles. The zero-order valence-electron chi connectivity index (χ0n) is 21.5. The van der Waals surface area contributed by atoms with E-state index in [1.807, 2.05) is 56.3 Å². The van der Waals surface area contributed by atoms with Gasteiger partial charge in [-0.1, -0.05) is 50.2 Å². The van der Waals surface area contributed by atoms with Crippen LogP contribution in [-0.4, -0.2) is 30.5 Å². The van der Waals surface area contributed by atoms with Crippen molar-refractivity contribution < 1.29 is 19.1 Å². The number of hydrogen-bond acceptors (Lipinski definition) is 5. The number of amides is 3. The van der Waals surface area contributed by atoms with E-state index in [-0.39, 0.29) is 19.1 Å². The Hall–Kier alpha value is -4.46. The summed E-state index contributed by atoms with van der Waals surface area (Å²) in [5.74, 6) is -0.944. The van der Waals surface area contributed by atoms with Crippen LogP contribution in [0.3, 0.4) is 0 Å². The van der Waals surface area contributed by atoms with Crippen LogP contribution in [0, 0.1) is 13.8 Å². The van der Waals surface area contributed by atoms with Crippen molar-refractivity contribution >= 4 is 29.6 Å². The standard InChI is InChI=1S/C29H32N4O4/c1-19(2)24-12-8-22(9-13-24)16-30-28(35)29(36)33-31-17-23-10-14-25(15-11-23)37-18-27(34)32-26-7-5-6-20(3)21(26)4/h5-15,17,19H,16,18H2,1-4H3,(H,30,35)(H,32,34)(H,33,36)/b31-17-. The summed E-state index contributed by atoms with van der Waals surface area (Å²) in [6.45, 7) is 8.28. The summed E-state index contributed by atoms with van der Waals surface area (Å²) in [5, 5.41) is 9.24. The molecule has 8 nitrogen and oxygen atoms in total. The predicted octanol–water partition coefficient (Wildman–Crippen LogP) is 4.21. The van der Waals surface area contributed by atoms with Gasteiger partial charge in [-0.3, -0.25) is 14.4 Å². The molecule has 0 spiro atoms. The topological polar surface area (TPSA) is 109 Å². The second-order valence-corrected chi connectivity index (χ2v) is 8.93. The van der Waals surface area contributed by atoms with Crippen molar-refractivity contribution in [2.24, 2.45) is 5.10 Å². The van der Waals surface area contributed by atoms with E-state index in [9.17, 15) is 14.4 Å². The highest BCUT2D eigenvalue weighted by Gasteiger charge is 2.12. The van der Waals surface area contributed by atoms with Crippen LogP contribution in [0.2, 0.25) is 0 Å². The van der Waals surface area contributed by atoms with E-state index in [4.69, 9.17) is 4.74 Å². The molecule has 3 aromatic rings. The molecule has 0 aliphatic carbocycles. The predicted molar refractivity (Wildman–Crippen MR) is 145 cm³/mol. The first kappa shape index (κ1) is 27.1. The maximum Gasteiger partial charge on any atom is 0.329 e. The summed E-state index contributed by atoms with van der Waals surface area (Å²) >= 11 is 0. The number of aryl methyl sites for hydroxylation is 1. The second-order valence-electron chi connectivity index (χ2n) is 8.93. The number of anilines is 1. The van der Waals surface area contributed by atoms with Crippen LogP contribution in [0.25, 0.3) is 0 Å². The molecule has 3 rings (SSSR count). The summed E-state index contributed by atoms with van der Waals surface area (Å²) in [4.78, 5) is 36.2. The summed E-state index contributed by atoms with van der Waals surface area (Å²) < 4.78 is 5.54. The van der Waals surface area contributed by atoms with Crippen LogP contribution in [0.15, 0.2) is 71.8 Å². The van der Waals surface area contributed by atoms with Gasteiger partial charge < -0.3 is 15.4 Å². The molecule has 3 N–H and O–H groups in total. The maximum atomic E-state index is 12.2. The lowest BCUT2D eigenvalue weighted by Crippen LogP contribution is -2.37. The molecule has 0 aliphatic heterocycles. The van der Waals surface area contributed by atoms with Gasteiger partial charge in [0.1, 0.15) is 5.75 Å². The van der Waals surface area contributed by atoms with Crippen LogP contribution in [0.1, 0.15) is 47.6 Å². The Morgan fingerprint density at radius 3 is 2.30 bits per heavy atom. The largest absolute Gasteiger partial charge is 0.484 e. The van der Waals surface area contributed by atoms with Crippen molar-refractivity contribution in [3.05, 3.63) is 94.5 Å². The molecule has 0 radical (unpaired) electrons. The van der Waals surface area contributed by atoms with Gasteiger partial charge >= 0.3 is 11.8 Å². The minimum absolute atomic E-state index is 0.131. The third-order valence-corrected chi connectivity index (χ3v) is 5.81. The third-order valence-electron chi connectivity index (χ3n) is 5.81. The Labute approximate surface area is 217 Å². The molecule has 0 bridgehead atoms. The number of nitrogens with one attached hydrogen (secondary N) is 3. The van der Waals surface area contributed by atoms with Crippen LogP contribution in [0.4, 0.5) is 5.69 Å². The monoisotopic (exact) mass is 500 g/mol. The Balaban J connectivity index is 1.40. The molecule has 0 aliphatic rings. The normalized spacial score (nSPS) is 10.8. The van der Waals surface area contributed by atoms with E-state index in [0.29, 0.717) is 17.2 Å². The van der Waals surface area contributed by atoms with Crippen molar-refractivity contribution in [1.29, 1.82) is 0 Å². The zero-order valence-corrected chi connectivity index (χ0v) is 21.5. The molecular weight excluding hydrogens is 468 g/mol. The number of hydrazone groups is 1. The van der Waals surface area contributed by atoms with Gasteiger partial charge in [0.2, 0.25) is 0 Å². The quantitative estimate of drug-likeness (QED) is 0.232. The maximum absolute atomic E-state index is 12.2. The first-order chi connectivity index (χ1) is 17.7. The lowest BCUT2D eigenvalue weighted by atomic mass is 10.0. The number of rotatable bonds is 9. The molecular formula is C29H32N4O4. The van der Waals surface area contributed by atoms with Gasteiger partial charge in [-0.25, -0.2) is 5.43 Å². The Bertz CT molecular complexity index is 1270. The van der Waals surface area contributed by atoms with Gasteiger partial charge in [-0.05, 0) is 77.9 Å². The average Bonchev–Trinajstić information content (AvgIpc) is 2.89. The molecule has 8 heteroatoms. The van der Waals surface area contributed by atoms with E-state index in [2.05, 4.69) is 35.0 Å². The first-order valence-corrected chi connectivity index (χ1v) is 12.0. The molecule has 0 saturated carbocycles. The van der Waals surface area contributed by atoms with Crippen molar-refractivity contribution in [2.75, 3.05) is 11.9 Å². The van der Waals surface area contributed by atoms with E-state index in [1.54, 1.807) is 24.3 Å². The van der Waals surface area contributed by atoms with E-state index in [0.717, 1.165) is 22.4 Å². The summed E-state index contributed by atoms with van der Waals surface area (Å²) in [6.07, 6.45) is 1.41. The molecule has 37 heavy (non-hydrogen) atoms. The van der Waals surface area contributed by atoms with Gasteiger partial charge in [-0.15, -0.1) is 0 Å². The van der Waals surface area contributed by atoms with Gasteiger partial charge in [0.25, 0.3) is 5.91 Å². The summed E-state index contributed by atoms with van der Waals surface area (Å²) in [5.41, 5.74) is 7.87. The molecule has 3 aromatic carbocycles. The van der Waals surface area contributed by atoms with E-state index < -0.39 is 11.8 Å². The fourth-order valence-corrected chi connectivity index (χ4v) is 3.37. The van der Waals surface area contributed by atoms with Crippen molar-refractivity contribution in [3.8, 4) is 5.75 Å². The molecule has 0 unspecified atom stereocenters. The summed E-state index contributed by atoms with van der Waals surface area (Å²) in [7, 11) is 0. The van der Waals surface area contributed by atoms with Crippen molar-refractivity contribution in [3.63, 3.8) is 0 Å². The lowest BCUT2D eigenvalue weighted by Gasteiger charge is -2.11. The molecule has 192 valence electrons. The number of carbonyl (C=O) groups excluding carboxylic acids is 3. The first-order valence-electron chi connectivity index (χ1n) is 12.0. The number of carbonyl (C=O) groups is 3. The Morgan fingerprint density at radius 2 is 1.62 bits per heavy atom. The SMILES string of the molecule is Cc1cccc(NC(=O)COc2ccc(/C=N\NC(=O)C(=O)NCc3ccc(C(C)C)cc3)cc2)c1C. The second kappa shape index (κ2) is 13.0. The number of hydrogen-bond donors (Lipinski definition) is 3. The van der Waals surface area contributed by atoms with Gasteiger partial charge in [-0.2, -0.15) is 5.10 Å². The van der Waals surface area contributed by atoms with Crippen LogP contribution >= 0.6 is 0 Å². The zero-order chi connectivity index (χ0) is 26.8. The third kappa shape index (κ3) is 8.31. The van der Waals surface area contributed by atoms with Gasteiger partial charge in [0.05, 0.1) is 6.21 Å². The summed E-state index contributed by atoms with van der Waals surface area (Å²) in [6, 6.07) is 20.4. The molecule has 0 aromatic heterocycles. The highest BCUT2D eigenvalue weighted by molar-refractivity contribution is 6.35. The van der Waals surface area contributed by atoms with Gasteiger partial charge in [0.15, 0.2) is 6.61 Å². The van der Waals surface area contributed by atoms with Crippen molar-refractivity contribution in [1.82, 2.24) is 10.7 Å². The molecule has 0 saturated heterocycles. The fourth-order valence-electron chi connectivity index (χ4n) is 3.37. The molecule has 0 fully saturated rings. The average molecular weight is 501 g/mol. The number of benzene rings is 3. The van der Waals surface area contributed by atoms with Crippen LogP contribution in [-0.2, 0) is 20.9 Å². The van der Waals surface area contributed by atoms with E-state index >= 15 is 0 Å². The number of ether oxygens (including phenoxy) is 1. The lowest BCUT2D eigenvalue weighted by molar-refractivity contribution is -0.139.